The van der Waals surface area contributed by atoms with Gasteiger partial charge in [-0.25, -0.2) is 0 Å². The highest BCUT2D eigenvalue weighted by Crippen LogP contribution is 2.16. The Balaban J connectivity index is 3.37. The second-order valence-corrected chi connectivity index (χ2v) is 11.4. The lowest BCUT2D eigenvalue weighted by molar-refractivity contribution is -0.153. The quantitative estimate of drug-likeness (QED) is 0.0563. The predicted molar refractivity (Wildman–Crippen MR) is 163 cm³/mol. The summed E-state index contributed by atoms with van der Waals surface area (Å²) in [5, 5.41) is 9.02. The van der Waals surface area contributed by atoms with Crippen molar-refractivity contribution in [1.29, 1.82) is 0 Å². The van der Waals surface area contributed by atoms with Gasteiger partial charge in [0.1, 0.15) is 0 Å². The Morgan fingerprint density at radius 3 is 1.34 bits per heavy atom. The molecule has 0 aromatic heterocycles. The molecule has 4 heteroatoms. The molecular formula is C34H64O4. The van der Waals surface area contributed by atoms with E-state index in [0.29, 0.717) is 13.0 Å². The summed E-state index contributed by atoms with van der Waals surface area (Å²) in [7, 11) is 0. The van der Waals surface area contributed by atoms with Crippen molar-refractivity contribution in [3.63, 3.8) is 0 Å². The molecule has 0 spiro atoms. The molecule has 4 nitrogen and oxygen atoms in total. The Kier molecular flexibility index (Phi) is 29.2. The number of esters is 1. The zero-order chi connectivity index (χ0) is 27.9. The monoisotopic (exact) mass is 536 g/mol. The van der Waals surface area contributed by atoms with Gasteiger partial charge in [0.05, 0.1) is 18.9 Å². The standard InChI is InChI=1S/C34H64O4/c1-3-5-6-7-8-9-10-11-12-13-14-15-16-17-18-19-20-21-22-23-24-25-26-27-28-29-32(31-33(35)36)34(37)38-30-4-2/h27-28,32H,3-26,29-31H2,1-2H3,(H,35,36)/b28-27+. The topological polar surface area (TPSA) is 63.6 Å². The van der Waals surface area contributed by atoms with Gasteiger partial charge in [-0.2, -0.15) is 0 Å². The Morgan fingerprint density at radius 2 is 0.974 bits per heavy atom. The lowest BCUT2D eigenvalue weighted by Crippen LogP contribution is -2.20. The molecule has 0 saturated heterocycles. The number of carboxylic acids is 1. The molecule has 1 atom stereocenters. The van der Waals surface area contributed by atoms with Gasteiger partial charge in [-0.1, -0.05) is 161 Å². The minimum atomic E-state index is -0.948. The molecule has 0 aromatic rings. The Hall–Kier alpha value is -1.32. The number of hydrogen-bond donors (Lipinski definition) is 1. The molecule has 1 unspecified atom stereocenters. The third-order valence-corrected chi connectivity index (χ3v) is 7.51. The summed E-state index contributed by atoms with van der Waals surface area (Å²) in [6.07, 6.45) is 36.9. The van der Waals surface area contributed by atoms with Crippen molar-refractivity contribution in [3.8, 4) is 0 Å². The number of carbonyl (C=O) groups is 2. The Labute approximate surface area is 236 Å². The van der Waals surface area contributed by atoms with E-state index in [2.05, 4.69) is 13.0 Å². The third kappa shape index (κ3) is 27.7. The van der Waals surface area contributed by atoms with E-state index in [9.17, 15) is 9.59 Å². The van der Waals surface area contributed by atoms with Crippen LogP contribution in [0, 0.1) is 5.92 Å². The fraction of sp³-hybridized carbons (Fsp3) is 0.882. The third-order valence-electron chi connectivity index (χ3n) is 7.51. The van der Waals surface area contributed by atoms with Crippen LogP contribution in [0.25, 0.3) is 0 Å². The number of allylic oxidation sites excluding steroid dienone is 2. The molecule has 0 rings (SSSR count). The van der Waals surface area contributed by atoms with Crippen LogP contribution in [0.4, 0.5) is 0 Å². The molecule has 0 aliphatic rings. The van der Waals surface area contributed by atoms with Crippen molar-refractivity contribution in [2.45, 2.75) is 181 Å². The fourth-order valence-corrected chi connectivity index (χ4v) is 5.04. The lowest BCUT2D eigenvalue weighted by Gasteiger charge is -2.11. The van der Waals surface area contributed by atoms with Crippen LogP contribution in [0.3, 0.4) is 0 Å². The van der Waals surface area contributed by atoms with Gasteiger partial charge >= 0.3 is 11.9 Å². The molecule has 0 radical (unpaired) electrons. The normalized spacial score (nSPS) is 12.3. The zero-order valence-electron chi connectivity index (χ0n) is 25.5. The summed E-state index contributed by atoms with van der Waals surface area (Å²) in [4.78, 5) is 23.0. The molecule has 0 aromatic carbocycles. The first-order chi connectivity index (χ1) is 18.6. The van der Waals surface area contributed by atoms with Crippen LogP contribution in [0.2, 0.25) is 0 Å². The van der Waals surface area contributed by atoms with E-state index < -0.39 is 11.9 Å². The average Bonchev–Trinajstić information content (AvgIpc) is 2.90. The molecule has 224 valence electrons. The van der Waals surface area contributed by atoms with Crippen LogP contribution in [-0.2, 0) is 14.3 Å². The second-order valence-electron chi connectivity index (χ2n) is 11.4. The first kappa shape index (κ1) is 36.7. The predicted octanol–water partition coefficient (Wildman–Crippen LogP) is 11.0. The van der Waals surface area contributed by atoms with E-state index >= 15 is 0 Å². The molecular weight excluding hydrogens is 472 g/mol. The van der Waals surface area contributed by atoms with Crippen molar-refractivity contribution in [1.82, 2.24) is 0 Å². The van der Waals surface area contributed by atoms with Crippen LogP contribution in [0.1, 0.15) is 181 Å². The maximum atomic E-state index is 12.0. The highest BCUT2D eigenvalue weighted by molar-refractivity contribution is 5.79. The summed E-state index contributed by atoms with van der Waals surface area (Å²) in [5.41, 5.74) is 0. The molecule has 1 N–H and O–H groups in total. The summed E-state index contributed by atoms with van der Waals surface area (Å²) in [6, 6.07) is 0. The molecule has 0 fully saturated rings. The van der Waals surface area contributed by atoms with Gasteiger partial charge in [-0.15, -0.1) is 0 Å². The van der Waals surface area contributed by atoms with Gasteiger partial charge in [-0.05, 0) is 25.7 Å². The number of ether oxygens (including phenoxy) is 1. The highest BCUT2D eigenvalue weighted by atomic mass is 16.5. The summed E-state index contributed by atoms with van der Waals surface area (Å²) in [6.45, 7) is 4.58. The zero-order valence-corrected chi connectivity index (χ0v) is 25.5. The van der Waals surface area contributed by atoms with Crippen molar-refractivity contribution < 1.29 is 19.4 Å². The molecule has 0 aliphatic heterocycles. The van der Waals surface area contributed by atoms with Crippen LogP contribution < -0.4 is 0 Å². The minimum absolute atomic E-state index is 0.160. The van der Waals surface area contributed by atoms with E-state index in [1.807, 2.05) is 13.0 Å². The van der Waals surface area contributed by atoms with Crippen molar-refractivity contribution >= 4 is 11.9 Å². The summed E-state index contributed by atoms with van der Waals surface area (Å²) in [5.74, 6) is -1.90. The molecule has 0 heterocycles. The highest BCUT2D eigenvalue weighted by Gasteiger charge is 2.21. The summed E-state index contributed by atoms with van der Waals surface area (Å²) < 4.78 is 5.13. The van der Waals surface area contributed by atoms with Crippen LogP contribution in [0.5, 0.6) is 0 Å². The fourth-order valence-electron chi connectivity index (χ4n) is 5.04. The van der Waals surface area contributed by atoms with Gasteiger partial charge in [-0.3, -0.25) is 9.59 Å². The molecule has 0 amide bonds. The van der Waals surface area contributed by atoms with Gasteiger partial charge in [0, 0.05) is 0 Å². The number of rotatable bonds is 30. The number of unbranched alkanes of at least 4 members (excludes halogenated alkanes) is 22. The van der Waals surface area contributed by atoms with E-state index in [1.54, 1.807) is 0 Å². The molecule has 0 saturated carbocycles. The number of carboxylic acid groups (broad SMARTS) is 1. The molecule has 0 aliphatic carbocycles. The summed E-state index contributed by atoms with van der Waals surface area (Å²) >= 11 is 0. The van der Waals surface area contributed by atoms with Gasteiger partial charge in [0.15, 0.2) is 0 Å². The van der Waals surface area contributed by atoms with Gasteiger partial charge < -0.3 is 9.84 Å². The first-order valence-corrected chi connectivity index (χ1v) is 16.6. The van der Waals surface area contributed by atoms with E-state index in [4.69, 9.17) is 9.84 Å². The Morgan fingerprint density at radius 1 is 0.579 bits per heavy atom. The molecule has 0 bridgehead atoms. The Bertz CT molecular complexity index is 543. The number of aliphatic carboxylic acids is 1. The minimum Gasteiger partial charge on any atom is -0.481 e. The SMILES string of the molecule is CCCCCCCCCCCCCCCCCCCCCCCC/C=C/CC(CC(=O)O)C(=O)OCCC. The maximum Gasteiger partial charge on any atom is 0.309 e. The maximum absolute atomic E-state index is 12.0. The van der Waals surface area contributed by atoms with Crippen LogP contribution in [-0.4, -0.2) is 23.7 Å². The van der Waals surface area contributed by atoms with Crippen LogP contribution >= 0.6 is 0 Å². The van der Waals surface area contributed by atoms with Gasteiger partial charge in [0.25, 0.3) is 0 Å². The molecule has 38 heavy (non-hydrogen) atoms. The lowest BCUT2D eigenvalue weighted by atomic mass is 10.0. The van der Waals surface area contributed by atoms with Crippen molar-refractivity contribution in [2.24, 2.45) is 5.92 Å². The first-order valence-electron chi connectivity index (χ1n) is 16.6. The van der Waals surface area contributed by atoms with Crippen molar-refractivity contribution in [3.05, 3.63) is 12.2 Å². The average molecular weight is 537 g/mol. The van der Waals surface area contributed by atoms with E-state index in [-0.39, 0.29) is 12.4 Å². The van der Waals surface area contributed by atoms with Crippen molar-refractivity contribution in [2.75, 3.05) is 6.61 Å². The van der Waals surface area contributed by atoms with Gasteiger partial charge in [0.2, 0.25) is 0 Å². The van der Waals surface area contributed by atoms with E-state index in [0.717, 1.165) is 12.8 Å². The number of hydrogen-bond acceptors (Lipinski definition) is 3. The van der Waals surface area contributed by atoms with Crippen LogP contribution in [0.15, 0.2) is 12.2 Å². The van der Waals surface area contributed by atoms with E-state index in [1.165, 1.54) is 141 Å². The second kappa shape index (κ2) is 30.2. The smallest absolute Gasteiger partial charge is 0.309 e. The number of carbonyl (C=O) groups excluding carboxylic acids is 1. The largest absolute Gasteiger partial charge is 0.481 e.